The molecular weight excluding hydrogens is 375 g/mol. The van der Waals surface area contributed by atoms with Gasteiger partial charge in [-0.1, -0.05) is 6.07 Å². The molecular formula is C21H19FN4O3. The number of amides is 1. The van der Waals surface area contributed by atoms with E-state index in [1.807, 2.05) is 6.07 Å². The van der Waals surface area contributed by atoms with Gasteiger partial charge >= 0.3 is 6.09 Å². The van der Waals surface area contributed by atoms with Crippen molar-refractivity contribution in [2.24, 2.45) is 0 Å². The van der Waals surface area contributed by atoms with Crippen LogP contribution >= 0.6 is 0 Å². The number of benzene rings is 2. The fourth-order valence-electron chi connectivity index (χ4n) is 3.44. The van der Waals surface area contributed by atoms with Crippen molar-refractivity contribution < 1.29 is 19.1 Å². The SMILES string of the molecule is O=C(NO)Oc1ccc2c(c1)CC(Nc1nccc(-c3ccc(F)cc3)n1)CC2. The Morgan fingerprint density at radius 1 is 1.14 bits per heavy atom. The maximum Gasteiger partial charge on any atom is 0.436 e. The molecule has 0 aliphatic heterocycles. The highest BCUT2D eigenvalue weighted by Crippen LogP contribution is 2.27. The molecule has 148 valence electrons. The third-order valence-electron chi connectivity index (χ3n) is 4.84. The molecule has 1 amide bonds. The van der Waals surface area contributed by atoms with E-state index < -0.39 is 6.09 Å². The Hall–Kier alpha value is -3.52. The summed E-state index contributed by atoms with van der Waals surface area (Å²) in [5.41, 5.74) is 5.23. The van der Waals surface area contributed by atoms with Crippen molar-refractivity contribution in [1.82, 2.24) is 15.4 Å². The van der Waals surface area contributed by atoms with Gasteiger partial charge in [0, 0.05) is 17.8 Å². The molecule has 1 aliphatic carbocycles. The Balaban J connectivity index is 1.47. The predicted molar refractivity (Wildman–Crippen MR) is 104 cm³/mol. The normalized spacial score (nSPS) is 15.3. The Labute approximate surface area is 166 Å². The van der Waals surface area contributed by atoms with E-state index in [0.717, 1.165) is 30.4 Å². The maximum absolute atomic E-state index is 13.1. The van der Waals surface area contributed by atoms with E-state index in [1.165, 1.54) is 23.2 Å². The van der Waals surface area contributed by atoms with Crippen LogP contribution < -0.4 is 15.5 Å². The van der Waals surface area contributed by atoms with Crippen LogP contribution in [0.5, 0.6) is 5.75 Å². The number of hydrogen-bond acceptors (Lipinski definition) is 6. The van der Waals surface area contributed by atoms with Crippen molar-refractivity contribution in [2.45, 2.75) is 25.3 Å². The molecule has 2 aromatic carbocycles. The third-order valence-corrected chi connectivity index (χ3v) is 4.84. The molecule has 0 saturated carbocycles. The quantitative estimate of drug-likeness (QED) is 0.461. The van der Waals surface area contributed by atoms with E-state index in [1.54, 1.807) is 36.5 Å². The number of aromatic nitrogens is 2. The number of anilines is 1. The van der Waals surface area contributed by atoms with E-state index >= 15 is 0 Å². The van der Waals surface area contributed by atoms with Crippen molar-refractivity contribution in [1.29, 1.82) is 0 Å². The number of nitrogens with zero attached hydrogens (tertiary/aromatic N) is 2. The van der Waals surface area contributed by atoms with Gasteiger partial charge in [-0.3, -0.25) is 5.21 Å². The number of halogens is 1. The number of rotatable bonds is 4. The number of hydroxylamine groups is 1. The van der Waals surface area contributed by atoms with E-state index in [-0.39, 0.29) is 11.9 Å². The van der Waals surface area contributed by atoms with Crippen LogP contribution in [0.2, 0.25) is 0 Å². The molecule has 0 fully saturated rings. The van der Waals surface area contributed by atoms with Gasteiger partial charge in [-0.25, -0.2) is 24.6 Å². The first-order valence-corrected chi connectivity index (χ1v) is 9.20. The van der Waals surface area contributed by atoms with Gasteiger partial charge in [0.25, 0.3) is 0 Å². The second kappa shape index (κ2) is 8.24. The van der Waals surface area contributed by atoms with E-state index in [9.17, 15) is 9.18 Å². The van der Waals surface area contributed by atoms with Crippen LogP contribution in [0.4, 0.5) is 15.1 Å². The van der Waals surface area contributed by atoms with Crippen molar-refractivity contribution >= 4 is 12.0 Å². The van der Waals surface area contributed by atoms with Gasteiger partial charge in [-0.2, -0.15) is 0 Å². The molecule has 1 atom stereocenters. The Morgan fingerprint density at radius 3 is 2.76 bits per heavy atom. The molecule has 3 N–H and O–H groups in total. The zero-order chi connectivity index (χ0) is 20.2. The average Bonchev–Trinajstić information content (AvgIpc) is 2.74. The standard InChI is InChI=1S/C21H19FN4O3/c22-16-5-1-14(2-6-16)19-9-10-23-20(25-19)24-17-7-3-13-4-8-18(12-15(13)11-17)29-21(27)26-28/h1-2,4-6,8-10,12,17,28H,3,7,11H2,(H,26,27)(H,23,24,25). The lowest BCUT2D eigenvalue weighted by atomic mass is 9.88. The fraction of sp³-hybridized carbons (Fsp3) is 0.190. The van der Waals surface area contributed by atoms with Crippen molar-refractivity contribution in [2.75, 3.05) is 5.32 Å². The van der Waals surface area contributed by atoms with Gasteiger partial charge in [0.15, 0.2) is 0 Å². The first-order valence-electron chi connectivity index (χ1n) is 9.20. The molecule has 1 aromatic heterocycles. The minimum Gasteiger partial charge on any atom is -0.409 e. The molecule has 0 radical (unpaired) electrons. The molecule has 1 aliphatic rings. The van der Waals surface area contributed by atoms with Gasteiger partial charge in [0.05, 0.1) is 5.69 Å². The number of fused-ring (bicyclic) bond motifs is 1. The Kier molecular flexibility index (Phi) is 5.35. The first-order chi connectivity index (χ1) is 14.1. The van der Waals surface area contributed by atoms with Crippen molar-refractivity contribution in [3.8, 4) is 17.0 Å². The monoisotopic (exact) mass is 394 g/mol. The second-order valence-corrected chi connectivity index (χ2v) is 6.79. The van der Waals surface area contributed by atoms with Gasteiger partial charge < -0.3 is 10.1 Å². The summed E-state index contributed by atoms with van der Waals surface area (Å²) in [5.74, 6) is 0.583. The van der Waals surface area contributed by atoms with E-state index in [0.29, 0.717) is 17.4 Å². The summed E-state index contributed by atoms with van der Waals surface area (Å²) in [5, 5.41) is 12.0. The molecule has 0 bridgehead atoms. The summed E-state index contributed by atoms with van der Waals surface area (Å²) in [6.07, 6.45) is 3.24. The Bertz CT molecular complexity index is 1030. The van der Waals surface area contributed by atoms with Crippen LogP contribution in [-0.2, 0) is 12.8 Å². The lowest BCUT2D eigenvalue weighted by molar-refractivity contribution is 0.127. The molecule has 7 nitrogen and oxygen atoms in total. The van der Waals surface area contributed by atoms with E-state index in [2.05, 4.69) is 15.3 Å². The molecule has 0 spiro atoms. The first kappa shape index (κ1) is 18.8. The lowest BCUT2D eigenvalue weighted by Crippen LogP contribution is -2.28. The van der Waals surface area contributed by atoms with Crippen LogP contribution in [0.25, 0.3) is 11.3 Å². The highest BCUT2D eigenvalue weighted by molar-refractivity contribution is 5.69. The summed E-state index contributed by atoms with van der Waals surface area (Å²) in [7, 11) is 0. The molecule has 29 heavy (non-hydrogen) atoms. The summed E-state index contributed by atoms with van der Waals surface area (Å²) in [4.78, 5) is 20.0. The van der Waals surface area contributed by atoms with Crippen molar-refractivity contribution in [3.05, 3.63) is 71.7 Å². The minimum absolute atomic E-state index is 0.118. The zero-order valence-corrected chi connectivity index (χ0v) is 15.4. The number of carbonyl (C=O) groups is 1. The van der Waals surface area contributed by atoms with Crippen molar-refractivity contribution in [3.63, 3.8) is 0 Å². The number of carbonyl (C=O) groups excluding carboxylic acids is 1. The molecule has 1 unspecified atom stereocenters. The van der Waals surface area contributed by atoms with Crippen LogP contribution in [0.3, 0.4) is 0 Å². The zero-order valence-electron chi connectivity index (χ0n) is 15.4. The van der Waals surface area contributed by atoms with Crippen LogP contribution in [0, 0.1) is 5.82 Å². The van der Waals surface area contributed by atoms with E-state index in [4.69, 9.17) is 9.94 Å². The maximum atomic E-state index is 13.1. The smallest absolute Gasteiger partial charge is 0.409 e. The van der Waals surface area contributed by atoms with Crippen LogP contribution in [0.1, 0.15) is 17.5 Å². The number of hydrogen-bond donors (Lipinski definition) is 3. The molecule has 1 heterocycles. The summed E-state index contributed by atoms with van der Waals surface area (Å²) in [6.45, 7) is 0. The number of nitrogens with one attached hydrogen (secondary N) is 2. The van der Waals surface area contributed by atoms with Gasteiger partial charge in [0.1, 0.15) is 11.6 Å². The molecule has 4 rings (SSSR count). The van der Waals surface area contributed by atoms with Gasteiger partial charge in [-0.05, 0) is 72.9 Å². The summed E-state index contributed by atoms with van der Waals surface area (Å²) < 4.78 is 18.1. The van der Waals surface area contributed by atoms with Gasteiger partial charge in [0.2, 0.25) is 5.95 Å². The molecule has 8 heteroatoms. The highest BCUT2D eigenvalue weighted by Gasteiger charge is 2.20. The molecule has 0 saturated heterocycles. The summed E-state index contributed by atoms with van der Waals surface area (Å²) in [6, 6.07) is 13.5. The fourth-order valence-corrected chi connectivity index (χ4v) is 3.44. The number of aryl methyl sites for hydroxylation is 1. The average molecular weight is 394 g/mol. The highest BCUT2D eigenvalue weighted by atomic mass is 19.1. The topological polar surface area (TPSA) is 96.4 Å². The van der Waals surface area contributed by atoms with Crippen LogP contribution in [-0.4, -0.2) is 27.3 Å². The largest absolute Gasteiger partial charge is 0.436 e. The number of ether oxygens (including phenoxy) is 1. The Morgan fingerprint density at radius 2 is 1.97 bits per heavy atom. The predicted octanol–water partition coefficient (Wildman–Crippen LogP) is 3.73. The molecule has 3 aromatic rings. The third kappa shape index (κ3) is 4.49. The van der Waals surface area contributed by atoms with Gasteiger partial charge in [-0.15, -0.1) is 0 Å². The summed E-state index contributed by atoms with van der Waals surface area (Å²) >= 11 is 0. The lowest BCUT2D eigenvalue weighted by Gasteiger charge is -2.26. The van der Waals surface area contributed by atoms with Crippen LogP contribution in [0.15, 0.2) is 54.7 Å². The second-order valence-electron chi connectivity index (χ2n) is 6.79. The minimum atomic E-state index is -0.929.